The predicted molar refractivity (Wildman–Crippen MR) is 122 cm³/mol. The number of pyridine rings is 1. The van der Waals surface area contributed by atoms with Gasteiger partial charge in [0.2, 0.25) is 0 Å². The summed E-state index contributed by atoms with van der Waals surface area (Å²) in [5.74, 6) is 0.337. The molecule has 1 amide bonds. The molecule has 1 atom stereocenters. The number of rotatable bonds is 9. The SMILES string of the molecule is CCCCCC(O)/C=C/c1ccc(OC)cc1C(=O)Nc1cccc2cccnc12. The molecule has 156 valence electrons. The molecule has 3 aromatic rings. The number of amides is 1. The maximum absolute atomic E-state index is 13.1. The molecule has 2 N–H and O–H groups in total. The van der Waals surface area contributed by atoms with E-state index in [1.807, 2.05) is 36.4 Å². The first-order chi connectivity index (χ1) is 14.6. The van der Waals surface area contributed by atoms with Crippen LogP contribution in [0.25, 0.3) is 17.0 Å². The first-order valence-corrected chi connectivity index (χ1v) is 10.3. The number of para-hydroxylation sites is 1. The van der Waals surface area contributed by atoms with Crippen LogP contribution < -0.4 is 10.1 Å². The molecule has 1 unspecified atom stereocenters. The summed E-state index contributed by atoms with van der Waals surface area (Å²) in [6.07, 6.45) is 8.62. The lowest BCUT2D eigenvalue weighted by atomic mass is 10.0. The Kier molecular flexibility index (Phi) is 7.57. The summed E-state index contributed by atoms with van der Waals surface area (Å²) >= 11 is 0. The van der Waals surface area contributed by atoms with Crippen molar-refractivity contribution in [3.05, 3.63) is 71.9 Å². The number of anilines is 1. The summed E-state index contributed by atoms with van der Waals surface area (Å²) in [7, 11) is 1.57. The van der Waals surface area contributed by atoms with Gasteiger partial charge in [0.15, 0.2) is 0 Å². The second kappa shape index (κ2) is 10.6. The van der Waals surface area contributed by atoms with E-state index in [4.69, 9.17) is 4.74 Å². The van der Waals surface area contributed by atoms with Crippen LogP contribution >= 0.6 is 0 Å². The van der Waals surface area contributed by atoms with E-state index in [1.54, 1.807) is 37.6 Å². The van der Waals surface area contributed by atoms with Crippen LogP contribution in [0.1, 0.15) is 48.5 Å². The third-order valence-electron chi connectivity index (χ3n) is 4.99. The number of aromatic nitrogens is 1. The summed E-state index contributed by atoms with van der Waals surface area (Å²) in [6.45, 7) is 2.13. The molecule has 1 aromatic heterocycles. The van der Waals surface area contributed by atoms with E-state index >= 15 is 0 Å². The number of nitrogens with one attached hydrogen (secondary N) is 1. The molecule has 5 nitrogen and oxygen atoms in total. The number of nitrogens with zero attached hydrogens (tertiary/aromatic N) is 1. The van der Waals surface area contributed by atoms with Crippen molar-refractivity contribution in [1.29, 1.82) is 0 Å². The minimum atomic E-state index is -0.531. The Balaban J connectivity index is 1.85. The normalized spacial score (nSPS) is 12.2. The van der Waals surface area contributed by atoms with Gasteiger partial charge in [0.05, 0.1) is 30.0 Å². The van der Waals surface area contributed by atoms with Gasteiger partial charge in [-0.15, -0.1) is 0 Å². The Morgan fingerprint density at radius 2 is 2.03 bits per heavy atom. The third kappa shape index (κ3) is 5.45. The summed E-state index contributed by atoms with van der Waals surface area (Å²) in [5, 5.41) is 14.1. The molecule has 0 saturated heterocycles. The van der Waals surface area contributed by atoms with Gasteiger partial charge in [-0.1, -0.05) is 62.6 Å². The molecule has 0 saturated carbocycles. The van der Waals surface area contributed by atoms with Crippen molar-refractivity contribution in [3.8, 4) is 5.75 Å². The number of carbonyl (C=O) groups is 1. The van der Waals surface area contributed by atoms with Gasteiger partial charge in [-0.2, -0.15) is 0 Å². The molecule has 3 rings (SSSR count). The number of carbonyl (C=O) groups excluding carboxylic acids is 1. The van der Waals surface area contributed by atoms with Crippen molar-refractivity contribution in [2.24, 2.45) is 0 Å². The van der Waals surface area contributed by atoms with Crippen LogP contribution in [-0.4, -0.2) is 29.2 Å². The minimum absolute atomic E-state index is 0.257. The molecular formula is C25H28N2O3. The summed E-state index contributed by atoms with van der Waals surface area (Å²) in [6, 6.07) is 14.8. The van der Waals surface area contributed by atoms with Gasteiger partial charge in [0.25, 0.3) is 5.91 Å². The topological polar surface area (TPSA) is 71.5 Å². The van der Waals surface area contributed by atoms with Crippen molar-refractivity contribution in [3.63, 3.8) is 0 Å². The van der Waals surface area contributed by atoms with E-state index in [1.165, 1.54) is 0 Å². The van der Waals surface area contributed by atoms with Crippen LogP contribution in [0.2, 0.25) is 0 Å². The Hall–Kier alpha value is -3.18. The van der Waals surface area contributed by atoms with Crippen LogP contribution in [0.3, 0.4) is 0 Å². The molecule has 0 aliphatic rings. The zero-order valence-corrected chi connectivity index (χ0v) is 17.5. The molecule has 0 aliphatic heterocycles. The van der Waals surface area contributed by atoms with E-state index in [2.05, 4.69) is 17.2 Å². The average Bonchev–Trinajstić information content (AvgIpc) is 2.78. The zero-order valence-electron chi connectivity index (χ0n) is 17.5. The smallest absolute Gasteiger partial charge is 0.256 e. The van der Waals surface area contributed by atoms with Crippen LogP contribution in [0.15, 0.2) is 60.8 Å². The van der Waals surface area contributed by atoms with E-state index < -0.39 is 6.10 Å². The quantitative estimate of drug-likeness (QED) is 0.465. The number of aliphatic hydroxyl groups is 1. The van der Waals surface area contributed by atoms with Gasteiger partial charge < -0.3 is 15.2 Å². The Morgan fingerprint density at radius 1 is 1.20 bits per heavy atom. The second-order valence-electron chi connectivity index (χ2n) is 7.21. The highest BCUT2D eigenvalue weighted by Gasteiger charge is 2.14. The molecule has 5 heteroatoms. The van der Waals surface area contributed by atoms with Crippen molar-refractivity contribution < 1.29 is 14.6 Å². The average molecular weight is 405 g/mol. The highest BCUT2D eigenvalue weighted by atomic mass is 16.5. The largest absolute Gasteiger partial charge is 0.497 e. The van der Waals surface area contributed by atoms with Crippen molar-refractivity contribution in [1.82, 2.24) is 4.98 Å². The molecule has 30 heavy (non-hydrogen) atoms. The first-order valence-electron chi connectivity index (χ1n) is 10.3. The van der Waals surface area contributed by atoms with E-state index in [9.17, 15) is 9.90 Å². The zero-order chi connectivity index (χ0) is 21.3. The third-order valence-corrected chi connectivity index (χ3v) is 4.99. The fourth-order valence-corrected chi connectivity index (χ4v) is 3.31. The molecule has 0 bridgehead atoms. The monoisotopic (exact) mass is 404 g/mol. The first kappa shape index (κ1) is 21.5. The lowest BCUT2D eigenvalue weighted by Gasteiger charge is -2.12. The number of hydrogen-bond acceptors (Lipinski definition) is 4. The Labute approximate surface area is 177 Å². The number of ether oxygens (including phenoxy) is 1. The van der Waals surface area contributed by atoms with Crippen LogP contribution in [0, 0.1) is 0 Å². The lowest BCUT2D eigenvalue weighted by molar-refractivity contribution is 0.102. The van der Waals surface area contributed by atoms with Gasteiger partial charge in [0.1, 0.15) is 5.75 Å². The lowest BCUT2D eigenvalue weighted by Crippen LogP contribution is -2.14. The minimum Gasteiger partial charge on any atom is -0.497 e. The molecule has 0 spiro atoms. The number of fused-ring (bicyclic) bond motifs is 1. The van der Waals surface area contributed by atoms with E-state index in [-0.39, 0.29) is 5.91 Å². The Morgan fingerprint density at radius 3 is 2.83 bits per heavy atom. The van der Waals surface area contributed by atoms with E-state index in [0.29, 0.717) is 23.4 Å². The fraction of sp³-hybridized carbons (Fsp3) is 0.280. The highest BCUT2D eigenvalue weighted by molar-refractivity contribution is 6.10. The Bertz CT molecular complexity index is 1020. The maximum atomic E-state index is 13.1. The summed E-state index contributed by atoms with van der Waals surface area (Å²) < 4.78 is 5.31. The van der Waals surface area contributed by atoms with Crippen molar-refractivity contribution >= 4 is 28.6 Å². The molecule has 0 radical (unpaired) electrons. The predicted octanol–water partition coefficient (Wildman–Crippen LogP) is 5.45. The fourth-order valence-electron chi connectivity index (χ4n) is 3.31. The van der Waals surface area contributed by atoms with Gasteiger partial charge in [-0.05, 0) is 36.2 Å². The molecule has 0 aliphatic carbocycles. The van der Waals surface area contributed by atoms with Gasteiger partial charge in [0, 0.05) is 11.6 Å². The van der Waals surface area contributed by atoms with Crippen LogP contribution in [-0.2, 0) is 0 Å². The highest BCUT2D eigenvalue weighted by Crippen LogP contribution is 2.24. The van der Waals surface area contributed by atoms with E-state index in [0.717, 1.165) is 35.7 Å². The molecule has 1 heterocycles. The van der Waals surface area contributed by atoms with Crippen molar-refractivity contribution in [2.45, 2.75) is 38.7 Å². The number of benzene rings is 2. The van der Waals surface area contributed by atoms with Gasteiger partial charge >= 0.3 is 0 Å². The van der Waals surface area contributed by atoms with Gasteiger partial charge in [-0.3, -0.25) is 9.78 Å². The number of unbranched alkanes of at least 4 members (excludes halogenated alkanes) is 2. The number of hydrogen-bond donors (Lipinski definition) is 2. The number of methoxy groups -OCH3 is 1. The second-order valence-corrected chi connectivity index (χ2v) is 7.21. The van der Waals surface area contributed by atoms with Crippen LogP contribution in [0.5, 0.6) is 5.75 Å². The molecule has 0 fully saturated rings. The van der Waals surface area contributed by atoms with Gasteiger partial charge in [-0.25, -0.2) is 0 Å². The maximum Gasteiger partial charge on any atom is 0.256 e. The standard InChI is InChI=1S/C25H28N2O3/c1-3-4-5-10-20(28)14-12-18-13-15-21(30-2)17-22(18)25(29)27-23-11-6-8-19-9-7-16-26-24(19)23/h6-9,11-17,20,28H,3-5,10H2,1-2H3,(H,27,29)/b14-12+. The van der Waals surface area contributed by atoms with Crippen molar-refractivity contribution in [2.75, 3.05) is 12.4 Å². The molecule has 2 aromatic carbocycles. The molecular weight excluding hydrogens is 376 g/mol. The number of aliphatic hydroxyl groups excluding tert-OH is 1. The van der Waals surface area contributed by atoms with Crippen LogP contribution in [0.4, 0.5) is 5.69 Å². The summed E-state index contributed by atoms with van der Waals surface area (Å²) in [5.41, 5.74) is 2.57. The summed E-state index contributed by atoms with van der Waals surface area (Å²) in [4.78, 5) is 17.5.